The van der Waals surface area contributed by atoms with Gasteiger partial charge in [0, 0.05) is 25.6 Å². The largest absolute Gasteiger partial charge is 0.378 e. The van der Waals surface area contributed by atoms with E-state index in [-0.39, 0.29) is 18.1 Å². The van der Waals surface area contributed by atoms with Gasteiger partial charge in [0.05, 0.1) is 17.7 Å². The van der Waals surface area contributed by atoms with Gasteiger partial charge in [-0.05, 0) is 17.9 Å². The van der Waals surface area contributed by atoms with E-state index in [0.717, 1.165) is 24.2 Å². The molecule has 0 aliphatic carbocycles. The van der Waals surface area contributed by atoms with Crippen molar-refractivity contribution in [2.24, 2.45) is 0 Å². The summed E-state index contributed by atoms with van der Waals surface area (Å²) in [4.78, 5) is 12.0. The van der Waals surface area contributed by atoms with Crippen molar-refractivity contribution in [3.8, 4) is 0 Å². The number of nitrogens with one attached hydrogen (secondary N) is 2. The van der Waals surface area contributed by atoms with Gasteiger partial charge in [-0.25, -0.2) is 0 Å². The van der Waals surface area contributed by atoms with Crippen LogP contribution in [-0.4, -0.2) is 38.3 Å². The second-order valence-electron chi connectivity index (χ2n) is 3.98. The van der Waals surface area contributed by atoms with Crippen LogP contribution in [-0.2, 0) is 4.74 Å². The molecule has 1 unspecified atom stereocenters. The van der Waals surface area contributed by atoms with E-state index in [0.29, 0.717) is 0 Å². The number of rotatable bonds is 3. The minimum atomic E-state index is -0.00509. The van der Waals surface area contributed by atoms with Crippen LogP contribution in [0.3, 0.4) is 0 Å². The fourth-order valence-electron chi connectivity index (χ4n) is 1.89. The lowest BCUT2D eigenvalue weighted by Crippen LogP contribution is -2.43. The van der Waals surface area contributed by atoms with Crippen LogP contribution in [0.5, 0.6) is 0 Å². The summed E-state index contributed by atoms with van der Waals surface area (Å²) in [5.74, 6) is -0.00509. The molecule has 2 heterocycles. The summed E-state index contributed by atoms with van der Waals surface area (Å²) < 4.78 is 5.30. The lowest BCUT2D eigenvalue weighted by atomic mass is 10.1. The average Bonchev–Trinajstić information content (AvgIpc) is 2.86. The molecular formula is C11H16N2O2S. The minimum Gasteiger partial charge on any atom is -0.378 e. The van der Waals surface area contributed by atoms with Crippen LogP contribution in [0.25, 0.3) is 0 Å². The molecule has 0 bridgehead atoms. The highest BCUT2D eigenvalue weighted by Gasteiger charge is 2.28. The highest BCUT2D eigenvalue weighted by Crippen LogP contribution is 2.14. The van der Waals surface area contributed by atoms with Gasteiger partial charge >= 0.3 is 0 Å². The highest BCUT2D eigenvalue weighted by molar-refractivity contribution is 7.08. The molecule has 1 aliphatic heterocycles. The number of hydrogen-bond acceptors (Lipinski definition) is 4. The van der Waals surface area contributed by atoms with E-state index in [4.69, 9.17) is 4.74 Å². The Morgan fingerprint density at radius 2 is 2.38 bits per heavy atom. The van der Waals surface area contributed by atoms with E-state index in [1.165, 1.54) is 0 Å². The molecule has 1 fully saturated rings. The Labute approximate surface area is 99.0 Å². The summed E-state index contributed by atoms with van der Waals surface area (Å²) in [5.41, 5.74) is 1.80. The molecule has 2 rings (SSSR count). The number of hydrogen-bond donors (Lipinski definition) is 2. The van der Waals surface area contributed by atoms with E-state index in [2.05, 4.69) is 10.6 Å². The van der Waals surface area contributed by atoms with Crippen molar-refractivity contribution in [3.63, 3.8) is 0 Å². The number of amides is 1. The number of carbonyl (C=O) groups is 1. The molecule has 0 spiro atoms. The summed E-state index contributed by atoms with van der Waals surface area (Å²) in [7, 11) is 1.67. The first-order valence-electron chi connectivity index (χ1n) is 5.29. The van der Waals surface area contributed by atoms with Crippen molar-refractivity contribution in [3.05, 3.63) is 21.9 Å². The van der Waals surface area contributed by atoms with Gasteiger partial charge in [0.25, 0.3) is 5.91 Å². The van der Waals surface area contributed by atoms with Crippen molar-refractivity contribution in [1.29, 1.82) is 0 Å². The molecule has 16 heavy (non-hydrogen) atoms. The smallest absolute Gasteiger partial charge is 0.252 e. The maximum atomic E-state index is 12.0. The molecule has 88 valence electrons. The Bertz CT molecular complexity index is 378. The maximum Gasteiger partial charge on any atom is 0.252 e. The first kappa shape index (κ1) is 11.6. The zero-order chi connectivity index (χ0) is 11.5. The van der Waals surface area contributed by atoms with Crippen molar-refractivity contribution in [2.75, 3.05) is 20.2 Å². The van der Waals surface area contributed by atoms with E-state index in [1.54, 1.807) is 18.4 Å². The summed E-state index contributed by atoms with van der Waals surface area (Å²) in [6.45, 7) is 3.52. The highest BCUT2D eigenvalue weighted by atomic mass is 32.1. The average molecular weight is 240 g/mol. The number of ether oxygens (including phenoxy) is 1. The molecule has 1 aliphatic rings. The molecule has 1 aromatic rings. The van der Waals surface area contributed by atoms with Gasteiger partial charge < -0.3 is 15.4 Å². The number of methoxy groups -OCH3 is 1. The Kier molecular flexibility index (Phi) is 3.58. The van der Waals surface area contributed by atoms with Gasteiger partial charge in [-0.1, -0.05) is 0 Å². The van der Waals surface area contributed by atoms with Gasteiger partial charge in [-0.3, -0.25) is 4.79 Å². The van der Waals surface area contributed by atoms with Gasteiger partial charge in [0.15, 0.2) is 0 Å². The summed E-state index contributed by atoms with van der Waals surface area (Å²) in [6, 6.07) is 0.0665. The van der Waals surface area contributed by atoms with Crippen LogP contribution in [0.4, 0.5) is 0 Å². The number of aryl methyl sites for hydroxylation is 1. The van der Waals surface area contributed by atoms with E-state index in [9.17, 15) is 4.79 Å². The Morgan fingerprint density at radius 1 is 1.56 bits per heavy atom. The molecule has 5 heteroatoms. The van der Waals surface area contributed by atoms with Crippen LogP contribution in [0, 0.1) is 6.92 Å². The van der Waals surface area contributed by atoms with Crippen molar-refractivity contribution in [1.82, 2.24) is 10.6 Å². The Hall–Kier alpha value is -0.910. The quantitative estimate of drug-likeness (QED) is 0.820. The third-order valence-electron chi connectivity index (χ3n) is 2.88. The second-order valence-corrected chi connectivity index (χ2v) is 4.72. The molecule has 1 amide bonds. The maximum absolute atomic E-state index is 12.0. The zero-order valence-corrected chi connectivity index (χ0v) is 10.3. The van der Waals surface area contributed by atoms with Crippen molar-refractivity contribution < 1.29 is 9.53 Å². The van der Waals surface area contributed by atoms with Gasteiger partial charge in [-0.2, -0.15) is 11.3 Å². The predicted molar refractivity (Wildman–Crippen MR) is 64.0 cm³/mol. The van der Waals surface area contributed by atoms with Crippen LogP contribution < -0.4 is 10.6 Å². The van der Waals surface area contributed by atoms with Crippen LogP contribution in [0.2, 0.25) is 0 Å². The first-order chi connectivity index (χ1) is 7.72. The van der Waals surface area contributed by atoms with Crippen LogP contribution in [0.15, 0.2) is 10.8 Å². The Balaban J connectivity index is 2.00. The molecule has 4 nitrogen and oxygen atoms in total. The second kappa shape index (κ2) is 4.95. The number of thiophene rings is 1. The van der Waals surface area contributed by atoms with E-state index < -0.39 is 0 Å². The summed E-state index contributed by atoms with van der Waals surface area (Å²) in [5, 5.41) is 10.1. The number of carbonyl (C=O) groups excluding carboxylic acids is 1. The fraction of sp³-hybridized carbons (Fsp3) is 0.545. The monoisotopic (exact) mass is 240 g/mol. The van der Waals surface area contributed by atoms with Crippen LogP contribution >= 0.6 is 11.3 Å². The molecule has 1 saturated heterocycles. The van der Waals surface area contributed by atoms with E-state index in [1.807, 2.05) is 17.7 Å². The Morgan fingerprint density at radius 3 is 3.00 bits per heavy atom. The lowest BCUT2D eigenvalue weighted by Gasteiger charge is -2.18. The topological polar surface area (TPSA) is 50.4 Å². The molecule has 0 aromatic carbocycles. The van der Waals surface area contributed by atoms with Crippen molar-refractivity contribution >= 4 is 17.2 Å². The van der Waals surface area contributed by atoms with E-state index >= 15 is 0 Å². The van der Waals surface area contributed by atoms with Gasteiger partial charge in [-0.15, -0.1) is 0 Å². The summed E-state index contributed by atoms with van der Waals surface area (Å²) in [6.07, 6.45) is 0.0721. The molecule has 0 saturated carbocycles. The third-order valence-corrected chi connectivity index (χ3v) is 3.74. The SMILES string of the molecule is CO[C@H]1CNCC1NC(=O)c1cscc1C. The normalized spacial score (nSPS) is 24.6. The molecule has 2 atom stereocenters. The van der Waals surface area contributed by atoms with Gasteiger partial charge in [0.2, 0.25) is 0 Å². The fourth-order valence-corrected chi connectivity index (χ4v) is 2.71. The van der Waals surface area contributed by atoms with Crippen LogP contribution in [0.1, 0.15) is 15.9 Å². The lowest BCUT2D eigenvalue weighted by molar-refractivity contribution is 0.0780. The van der Waals surface area contributed by atoms with Crippen molar-refractivity contribution in [2.45, 2.75) is 19.1 Å². The molecule has 2 N–H and O–H groups in total. The molecule has 1 aromatic heterocycles. The predicted octanol–water partition coefficient (Wildman–Crippen LogP) is 0.773. The minimum absolute atomic E-state index is 0.00509. The molecular weight excluding hydrogens is 224 g/mol. The van der Waals surface area contributed by atoms with Gasteiger partial charge in [0.1, 0.15) is 0 Å². The molecule has 0 radical (unpaired) electrons. The summed E-state index contributed by atoms with van der Waals surface area (Å²) >= 11 is 1.55. The standard InChI is InChI=1S/C11H16N2O2S/c1-7-5-16-6-8(7)11(14)13-9-3-12-4-10(9)15-2/h5-6,9-10,12H,3-4H2,1-2H3,(H,13,14)/t9?,10-/m0/s1. The third kappa shape index (κ3) is 2.26. The zero-order valence-electron chi connectivity index (χ0n) is 9.45. The first-order valence-corrected chi connectivity index (χ1v) is 6.24.